The molecule has 1 heterocycles. The van der Waals surface area contributed by atoms with Gasteiger partial charge in [0, 0.05) is 5.54 Å². The molecule has 0 spiro atoms. The zero-order valence-electron chi connectivity index (χ0n) is 11.2. The van der Waals surface area contributed by atoms with Gasteiger partial charge in [-0.1, -0.05) is 24.2 Å². The fraction of sp³-hybridized carbons (Fsp3) is 0.727. The molecule has 1 amide bonds. The van der Waals surface area contributed by atoms with Gasteiger partial charge in [0.1, 0.15) is 0 Å². The molecule has 1 aromatic heterocycles. The molecule has 1 aromatic rings. The van der Waals surface area contributed by atoms with Gasteiger partial charge in [-0.05, 0) is 19.8 Å². The van der Waals surface area contributed by atoms with Crippen LogP contribution in [-0.2, 0) is 11.0 Å². The van der Waals surface area contributed by atoms with Gasteiger partial charge in [-0.25, -0.2) is 0 Å². The van der Waals surface area contributed by atoms with Crippen LogP contribution in [0.3, 0.4) is 0 Å². The van der Waals surface area contributed by atoms with Crippen molar-refractivity contribution in [2.75, 3.05) is 5.32 Å². The molecule has 0 saturated heterocycles. The lowest BCUT2D eigenvalue weighted by Gasteiger charge is -2.36. The number of nitrogens with two attached hydrogens (primary N) is 1. The molecule has 2 unspecified atom stereocenters. The maximum atomic E-state index is 12.4. The number of hydrogen-bond acceptors (Lipinski definition) is 5. The van der Waals surface area contributed by atoms with Gasteiger partial charge < -0.3 is 11.1 Å². The highest BCUT2D eigenvalue weighted by molar-refractivity contribution is 7.15. The van der Waals surface area contributed by atoms with Crippen molar-refractivity contribution in [1.82, 2.24) is 10.2 Å². The van der Waals surface area contributed by atoms with Crippen LogP contribution in [0.1, 0.15) is 37.6 Å². The number of hydrogen-bond donors (Lipinski definition) is 2. The molecule has 120 valence electrons. The lowest BCUT2D eigenvalue weighted by Crippen LogP contribution is -2.51. The first-order valence-corrected chi connectivity index (χ1v) is 7.02. The summed E-state index contributed by atoms with van der Waals surface area (Å²) in [6, 6.07) is 0. The van der Waals surface area contributed by atoms with Crippen LogP contribution < -0.4 is 11.1 Å². The number of amides is 1. The van der Waals surface area contributed by atoms with Crippen molar-refractivity contribution in [2.45, 2.75) is 44.3 Å². The van der Waals surface area contributed by atoms with E-state index in [0.29, 0.717) is 17.8 Å². The molecular formula is C11H16ClF3N4OS. The highest BCUT2D eigenvalue weighted by Gasteiger charge is 2.39. The van der Waals surface area contributed by atoms with E-state index in [9.17, 15) is 18.0 Å². The van der Waals surface area contributed by atoms with Gasteiger partial charge in [0.25, 0.3) is 0 Å². The number of alkyl halides is 3. The van der Waals surface area contributed by atoms with Gasteiger partial charge in [-0.2, -0.15) is 13.2 Å². The van der Waals surface area contributed by atoms with Gasteiger partial charge in [-0.15, -0.1) is 22.6 Å². The zero-order chi connectivity index (χ0) is 15.0. The summed E-state index contributed by atoms with van der Waals surface area (Å²) in [6.45, 7) is 1.79. The average molecular weight is 345 g/mol. The topological polar surface area (TPSA) is 80.9 Å². The number of nitrogens with one attached hydrogen (secondary N) is 1. The van der Waals surface area contributed by atoms with Crippen LogP contribution in [0.15, 0.2) is 0 Å². The number of anilines is 1. The van der Waals surface area contributed by atoms with E-state index < -0.39 is 22.6 Å². The van der Waals surface area contributed by atoms with Crippen molar-refractivity contribution in [2.24, 2.45) is 11.7 Å². The van der Waals surface area contributed by atoms with Crippen LogP contribution in [0, 0.1) is 5.92 Å². The maximum absolute atomic E-state index is 12.4. The Kier molecular flexibility index (Phi) is 5.57. The van der Waals surface area contributed by atoms with E-state index in [2.05, 4.69) is 15.5 Å². The predicted molar refractivity (Wildman–Crippen MR) is 75.3 cm³/mol. The molecule has 1 aliphatic carbocycles. The first-order chi connectivity index (χ1) is 9.20. The third kappa shape index (κ3) is 4.27. The Labute approximate surface area is 129 Å². The Bertz CT molecular complexity index is 506. The lowest BCUT2D eigenvalue weighted by atomic mass is 9.74. The summed E-state index contributed by atoms with van der Waals surface area (Å²) in [5.41, 5.74) is 5.44. The average Bonchev–Trinajstić information content (AvgIpc) is 2.76. The first-order valence-electron chi connectivity index (χ1n) is 6.20. The highest BCUT2D eigenvalue weighted by Crippen LogP contribution is 2.35. The lowest BCUT2D eigenvalue weighted by molar-refractivity contribution is -0.138. The number of halogens is 4. The molecule has 1 aliphatic rings. The Morgan fingerprint density at radius 1 is 1.43 bits per heavy atom. The van der Waals surface area contributed by atoms with Crippen LogP contribution in [0.25, 0.3) is 0 Å². The molecule has 10 heteroatoms. The van der Waals surface area contributed by atoms with Gasteiger partial charge in [0.15, 0.2) is 0 Å². The Balaban J connectivity index is 0.00000220. The summed E-state index contributed by atoms with van der Waals surface area (Å²) < 4.78 is 37.2. The zero-order valence-corrected chi connectivity index (χ0v) is 12.9. The number of carbonyl (C=O) groups excluding carboxylic acids is 1. The van der Waals surface area contributed by atoms with Gasteiger partial charge >= 0.3 is 6.18 Å². The minimum absolute atomic E-state index is 0. The normalized spacial score (nSPS) is 26.0. The highest BCUT2D eigenvalue weighted by atomic mass is 35.5. The fourth-order valence-corrected chi connectivity index (χ4v) is 2.98. The molecule has 0 aliphatic heterocycles. The van der Waals surface area contributed by atoms with Crippen molar-refractivity contribution in [3.63, 3.8) is 0 Å². The molecule has 2 atom stereocenters. The van der Waals surface area contributed by atoms with Gasteiger partial charge in [0.2, 0.25) is 16.0 Å². The second-order valence-corrected chi connectivity index (χ2v) is 6.18. The Hall–Kier alpha value is -0.930. The molecule has 2 rings (SSSR count). The minimum Gasteiger partial charge on any atom is -0.325 e. The number of rotatable bonds is 2. The molecule has 1 fully saturated rings. The Morgan fingerprint density at radius 3 is 2.62 bits per heavy atom. The van der Waals surface area contributed by atoms with E-state index in [4.69, 9.17) is 5.73 Å². The predicted octanol–water partition coefficient (Wildman–Crippen LogP) is 2.82. The summed E-state index contributed by atoms with van der Waals surface area (Å²) in [6.07, 6.45) is -1.37. The van der Waals surface area contributed by atoms with E-state index in [1.165, 1.54) is 0 Å². The van der Waals surface area contributed by atoms with Crippen molar-refractivity contribution in [1.29, 1.82) is 0 Å². The molecule has 0 bridgehead atoms. The van der Waals surface area contributed by atoms with E-state index >= 15 is 0 Å². The third-order valence-corrected chi connectivity index (χ3v) is 4.35. The first kappa shape index (κ1) is 18.1. The van der Waals surface area contributed by atoms with Crippen molar-refractivity contribution < 1.29 is 18.0 Å². The summed E-state index contributed by atoms with van der Waals surface area (Å²) >= 11 is 0.312. The molecular weight excluding hydrogens is 329 g/mol. The minimum atomic E-state index is -4.55. The second kappa shape index (κ2) is 6.45. The molecule has 3 N–H and O–H groups in total. The summed E-state index contributed by atoms with van der Waals surface area (Å²) in [5, 5.41) is 7.52. The smallest absolute Gasteiger partial charge is 0.325 e. The number of nitrogens with zero attached hydrogens (tertiary/aromatic N) is 2. The van der Waals surface area contributed by atoms with Crippen LogP contribution in [0.5, 0.6) is 0 Å². The Morgan fingerprint density at radius 2 is 2.10 bits per heavy atom. The molecule has 0 aromatic carbocycles. The van der Waals surface area contributed by atoms with Gasteiger partial charge in [0.05, 0.1) is 5.92 Å². The SMILES string of the molecule is CC1(N)CCCCC1C(=O)Nc1nnc(C(F)(F)F)s1.Cl. The second-order valence-electron chi connectivity index (χ2n) is 5.20. The fourth-order valence-electron chi connectivity index (χ4n) is 2.37. The van der Waals surface area contributed by atoms with Crippen LogP contribution in [0.4, 0.5) is 18.3 Å². The molecule has 0 radical (unpaired) electrons. The quantitative estimate of drug-likeness (QED) is 0.864. The van der Waals surface area contributed by atoms with Crippen molar-refractivity contribution in [3.8, 4) is 0 Å². The van der Waals surface area contributed by atoms with Crippen molar-refractivity contribution >= 4 is 34.8 Å². The van der Waals surface area contributed by atoms with Crippen LogP contribution >= 0.6 is 23.7 Å². The third-order valence-electron chi connectivity index (χ3n) is 3.47. The summed E-state index contributed by atoms with van der Waals surface area (Å²) in [5.74, 6) is -0.811. The molecule has 5 nitrogen and oxygen atoms in total. The maximum Gasteiger partial charge on any atom is 0.445 e. The van der Waals surface area contributed by atoms with E-state index in [-0.39, 0.29) is 23.4 Å². The van der Waals surface area contributed by atoms with Crippen LogP contribution in [-0.4, -0.2) is 21.6 Å². The van der Waals surface area contributed by atoms with Gasteiger partial charge in [-0.3, -0.25) is 4.79 Å². The summed E-state index contributed by atoms with van der Waals surface area (Å²) in [7, 11) is 0. The van der Waals surface area contributed by atoms with Crippen molar-refractivity contribution in [3.05, 3.63) is 5.01 Å². The molecule has 1 saturated carbocycles. The standard InChI is InChI=1S/C11H15F3N4OS.ClH/c1-10(15)5-3-2-4-6(10)7(19)16-9-18-17-8(20-9)11(12,13)14;/h6H,2-5,15H2,1H3,(H,16,18,19);1H. The number of aromatic nitrogens is 2. The molecule has 21 heavy (non-hydrogen) atoms. The summed E-state index contributed by atoms with van der Waals surface area (Å²) in [4.78, 5) is 12.1. The van der Waals surface area contributed by atoms with Crippen LogP contribution in [0.2, 0.25) is 0 Å². The monoisotopic (exact) mass is 344 g/mol. The number of carbonyl (C=O) groups is 1. The largest absolute Gasteiger partial charge is 0.445 e. The van der Waals surface area contributed by atoms with E-state index in [1.54, 1.807) is 6.92 Å². The van der Waals surface area contributed by atoms with E-state index in [0.717, 1.165) is 19.3 Å². The van der Waals surface area contributed by atoms with E-state index in [1.807, 2.05) is 0 Å².